The fraction of sp³-hybridized carbons (Fsp3) is 0.538. The first-order valence-electron chi connectivity index (χ1n) is 6.04. The molecule has 0 saturated carbocycles. The van der Waals surface area contributed by atoms with Crippen LogP contribution >= 0.6 is 15.9 Å². The van der Waals surface area contributed by atoms with Crippen LogP contribution in [0.25, 0.3) is 0 Å². The quantitative estimate of drug-likeness (QED) is 0.871. The molecule has 3 nitrogen and oxygen atoms in total. The zero-order chi connectivity index (χ0) is 12.4. The third-order valence-corrected chi connectivity index (χ3v) is 4.17. The summed E-state index contributed by atoms with van der Waals surface area (Å²) in [6, 6.07) is 6.66. The van der Waals surface area contributed by atoms with Gasteiger partial charge >= 0.3 is 0 Å². The van der Waals surface area contributed by atoms with E-state index in [0.29, 0.717) is 6.04 Å². The van der Waals surface area contributed by atoms with E-state index in [0.717, 1.165) is 16.7 Å². The minimum atomic E-state index is 0.671. The van der Waals surface area contributed by atoms with Crippen molar-refractivity contribution in [2.24, 2.45) is 0 Å². The number of nitrogens with zero attached hydrogens (tertiary/aromatic N) is 2. The number of rotatable bonds is 3. The Morgan fingerprint density at radius 3 is 2.88 bits per heavy atom. The van der Waals surface area contributed by atoms with Crippen LogP contribution in [0.4, 0.5) is 11.4 Å². The van der Waals surface area contributed by atoms with Gasteiger partial charge in [0, 0.05) is 29.8 Å². The van der Waals surface area contributed by atoms with E-state index in [1.54, 1.807) is 0 Å². The van der Waals surface area contributed by atoms with E-state index in [2.05, 4.69) is 45.9 Å². The molecule has 4 heteroatoms. The standard InChI is InChI=1S/C13H20BrN3/c1-16-7-3-4-11(16)9-17(2)13-6-5-10(15)8-12(13)14/h5-6,8,11H,3-4,7,9,15H2,1-2H3. The van der Waals surface area contributed by atoms with Gasteiger partial charge in [0.2, 0.25) is 0 Å². The Balaban J connectivity index is 2.06. The van der Waals surface area contributed by atoms with Gasteiger partial charge in [-0.2, -0.15) is 0 Å². The second kappa shape index (κ2) is 5.27. The Labute approximate surface area is 112 Å². The molecule has 0 aromatic heterocycles. The minimum absolute atomic E-state index is 0.671. The summed E-state index contributed by atoms with van der Waals surface area (Å²) in [4.78, 5) is 4.75. The van der Waals surface area contributed by atoms with Gasteiger partial charge in [-0.1, -0.05) is 0 Å². The summed E-state index contributed by atoms with van der Waals surface area (Å²) in [6.07, 6.45) is 2.62. The van der Waals surface area contributed by atoms with E-state index >= 15 is 0 Å². The molecular formula is C13H20BrN3. The van der Waals surface area contributed by atoms with E-state index in [1.165, 1.54) is 25.1 Å². The summed E-state index contributed by atoms with van der Waals surface area (Å²) in [5.41, 5.74) is 7.76. The lowest BCUT2D eigenvalue weighted by Gasteiger charge is -2.28. The topological polar surface area (TPSA) is 32.5 Å². The highest BCUT2D eigenvalue weighted by molar-refractivity contribution is 9.10. The van der Waals surface area contributed by atoms with Crippen molar-refractivity contribution in [2.45, 2.75) is 18.9 Å². The second-order valence-corrected chi connectivity index (χ2v) is 5.72. The van der Waals surface area contributed by atoms with Crippen molar-refractivity contribution in [3.05, 3.63) is 22.7 Å². The maximum atomic E-state index is 5.76. The van der Waals surface area contributed by atoms with Crippen LogP contribution in [0.2, 0.25) is 0 Å². The van der Waals surface area contributed by atoms with Crippen molar-refractivity contribution in [2.75, 3.05) is 37.8 Å². The molecular weight excluding hydrogens is 278 g/mol. The molecule has 1 atom stereocenters. The number of likely N-dealkylation sites (tertiary alicyclic amines) is 1. The van der Waals surface area contributed by atoms with Gasteiger partial charge in [-0.15, -0.1) is 0 Å². The van der Waals surface area contributed by atoms with Gasteiger partial charge in [-0.25, -0.2) is 0 Å². The van der Waals surface area contributed by atoms with Crippen molar-refractivity contribution in [3.63, 3.8) is 0 Å². The Morgan fingerprint density at radius 1 is 1.53 bits per heavy atom. The summed E-state index contributed by atoms with van der Waals surface area (Å²) < 4.78 is 1.07. The maximum Gasteiger partial charge on any atom is 0.0510 e. The van der Waals surface area contributed by atoms with Gasteiger partial charge in [-0.05, 0) is 60.6 Å². The predicted molar refractivity (Wildman–Crippen MR) is 77.5 cm³/mol. The van der Waals surface area contributed by atoms with Crippen molar-refractivity contribution < 1.29 is 0 Å². The van der Waals surface area contributed by atoms with Gasteiger partial charge in [0.1, 0.15) is 0 Å². The van der Waals surface area contributed by atoms with Gasteiger partial charge in [0.05, 0.1) is 5.69 Å². The molecule has 2 rings (SSSR count). The summed E-state index contributed by atoms with van der Waals surface area (Å²) in [5.74, 6) is 0. The molecule has 1 aromatic rings. The molecule has 94 valence electrons. The number of halogens is 1. The maximum absolute atomic E-state index is 5.76. The molecule has 1 aliphatic rings. The first kappa shape index (κ1) is 12.7. The summed E-state index contributed by atoms with van der Waals surface area (Å²) >= 11 is 3.58. The molecule has 0 spiro atoms. The lowest BCUT2D eigenvalue weighted by atomic mass is 10.2. The molecule has 1 heterocycles. The van der Waals surface area contributed by atoms with Crippen molar-refractivity contribution in [3.8, 4) is 0 Å². The van der Waals surface area contributed by atoms with Crippen LogP contribution in [0.1, 0.15) is 12.8 Å². The van der Waals surface area contributed by atoms with Crippen LogP contribution in [-0.2, 0) is 0 Å². The first-order chi connectivity index (χ1) is 8.08. The van der Waals surface area contributed by atoms with Gasteiger partial charge in [0.15, 0.2) is 0 Å². The summed E-state index contributed by atoms with van der Waals surface area (Å²) in [5, 5.41) is 0. The molecule has 1 aromatic carbocycles. The molecule has 1 saturated heterocycles. The largest absolute Gasteiger partial charge is 0.399 e. The summed E-state index contributed by atoms with van der Waals surface area (Å²) in [6.45, 7) is 2.29. The number of benzene rings is 1. The van der Waals surface area contributed by atoms with Crippen LogP contribution in [0.15, 0.2) is 22.7 Å². The minimum Gasteiger partial charge on any atom is -0.399 e. The lowest BCUT2D eigenvalue weighted by molar-refractivity contribution is 0.314. The van der Waals surface area contributed by atoms with Gasteiger partial charge in [0.25, 0.3) is 0 Å². The third kappa shape index (κ3) is 2.93. The lowest BCUT2D eigenvalue weighted by Crippen LogP contribution is -2.36. The zero-order valence-electron chi connectivity index (χ0n) is 10.5. The van der Waals surface area contributed by atoms with Crippen molar-refractivity contribution in [1.29, 1.82) is 0 Å². The SMILES string of the molecule is CN(CC1CCCN1C)c1ccc(N)cc1Br. The summed E-state index contributed by atoms with van der Waals surface area (Å²) in [7, 11) is 4.35. The van der Waals surface area contributed by atoms with Gasteiger partial charge in [-0.3, -0.25) is 0 Å². The predicted octanol–water partition coefficient (Wildman–Crippen LogP) is 2.56. The fourth-order valence-electron chi connectivity index (χ4n) is 2.46. The number of nitrogen functional groups attached to an aromatic ring is 1. The molecule has 1 fully saturated rings. The average molecular weight is 298 g/mol. The number of hydrogen-bond donors (Lipinski definition) is 1. The Bertz CT molecular complexity index is 394. The van der Waals surface area contributed by atoms with Crippen molar-refractivity contribution in [1.82, 2.24) is 4.90 Å². The van der Waals surface area contributed by atoms with E-state index in [9.17, 15) is 0 Å². The van der Waals surface area contributed by atoms with E-state index in [1.807, 2.05) is 12.1 Å². The normalized spacial score (nSPS) is 20.8. The fourth-order valence-corrected chi connectivity index (χ4v) is 3.16. The highest BCUT2D eigenvalue weighted by Crippen LogP contribution is 2.28. The Morgan fingerprint density at radius 2 is 2.29 bits per heavy atom. The third-order valence-electron chi connectivity index (χ3n) is 3.54. The number of hydrogen-bond acceptors (Lipinski definition) is 3. The van der Waals surface area contributed by atoms with Crippen LogP contribution in [0.3, 0.4) is 0 Å². The second-order valence-electron chi connectivity index (χ2n) is 4.87. The monoisotopic (exact) mass is 297 g/mol. The zero-order valence-corrected chi connectivity index (χ0v) is 12.1. The molecule has 0 radical (unpaired) electrons. The molecule has 0 aliphatic carbocycles. The molecule has 1 unspecified atom stereocenters. The highest BCUT2D eigenvalue weighted by Gasteiger charge is 2.22. The molecule has 0 bridgehead atoms. The smallest absolute Gasteiger partial charge is 0.0510 e. The Hall–Kier alpha value is -0.740. The van der Waals surface area contributed by atoms with Crippen LogP contribution in [0, 0.1) is 0 Å². The molecule has 0 amide bonds. The number of nitrogens with two attached hydrogens (primary N) is 1. The Kier molecular flexibility index (Phi) is 3.94. The van der Waals surface area contributed by atoms with Gasteiger partial charge < -0.3 is 15.5 Å². The molecule has 2 N–H and O–H groups in total. The average Bonchev–Trinajstić information content (AvgIpc) is 2.64. The van der Waals surface area contributed by atoms with E-state index in [-0.39, 0.29) is 0 Å². The van der Waals surface area contributed by atoms with E-state index in [4.69, 9.17) is 5.73 Å². The first-order valence-corrected chi connectivity index (χ1v) is 6.83. The molecule has 17 heavy (non-hydrogen) atoms. The highest BCUT2D eigenvalue weighted by atomic mass is 79.9. The van der Waals surface area contributed by atoms with Crippen molar-refractivity contribution >= 4 is 27.3 Å². The van der Waals surface area contributed by atoms with E-state index < -0.39 is 0 Å². The van der Waals surface area contributed by atoms with Crippen LogP contribution in [-0.4, -0.2) is 38.1 Å². The number of likely N-dealkylation sites (N-methyl/N-ethyl adjacent to an activating group) is 2. The van der Waals surface area contributed by atoms with Crippen LogP contribution in [0.5, 0.6) is 0 Å². The molecule has 1 aliphatic heterocycles. The number of anilines is 2. The van der Waals surface area contributed by atoms with Crippen LogP contribution < -0.4 is 10.6 Å².